The van der Waals surface area contributed by atoms with E-state index in [1.165, 1.54) is 25.3 Å². The van der Waals surface area contributed by atoms with Crippen LogP contribution in [0.15, 0.2) is 47.4 Å². The number of methoxy groups -OCH3 is 1. The van der Waals surface area contributed by atoms with Crippen LogP contribution >= 0.6 is 0 Å². The van der Waals surface area contributed by atoms with E-state index in [0.29, 0.717) is 0 Å². The number of hydrogen-bond donors (Lipinski definition) is 1. The Hall–Kier alpha value is -2.79. The standard InChI is InChI=1S/C23H27N3O6S/c1-31-21-6-5-19(14-20(21)26-22(27)7-8-23(26)28)33(29,30)24-15-17-3-2-4-18(13-17)16-25-9-11-32-12-10-25/h2-6,13-14,24H,7-12,15-16H2,1H3. The molecule has 0 atom stereocenters. The molecule has 2 amide bonds. The van der Waals surface area contributed by atoms with Crippen molar-refractivity contribution in [3.05, 3.63) is 53.6 Å². The molecule has 0 aromatic heterocycles. The third kappa shape index (κ3) is 5.41. The average molecular weight is 474 g/mol. The van der Waals surface area contributed by atoms with Crippen molar-refractivity contribution < 1.29 is 27.5 Å². The molecule has 9 nitrogen and oxygen atoms in total. The van der Waals surface area contributed by atoms with Crippen LogP contribution in [0.25, 0.3) is 0 Å². The van der Waals surface area contributed by atoms with Crippen molar-refractivity contribution in [2.45, 2.75) is 30.8 Å². The second kappa shape index (κ2) is 10.0. The summed E-state index contributed by atoms with van der Waals surface area (Å²) < 4.78 is 39.2. The Kier molecular flexibility index (Phi) is 7.08. The van der Waals surface area contributed by atoms with Gasteiger partial charge in [-0.15, -0.1) is 0 Å². The van der Waals surface area contributed by atoms with E-state index in [4.69, 9.17) is 9.47 Å². The topological polar surface area (TPSA) is 105 Å². The lowest BCUT2D eigenvalue weighted by Crippen LogP contribution is -2.35. The van der Waals surface area contributed by atoms with Crippen LogP contribution in [-0.4, -0.2) is 58.5 Å². The number of imide groups is 1. The largest absolute Gasteiger partial charge is 0.495 e. The molecular formula is C23H27N3O6S. The molecule has 33 heavy (non-hydrogen) atoms. The molecule has 0 bridgehead atoms. The van der Waals surface area contributed by atoms with Gasteiger partial charge in [-0.2, -0.15) is 0 Å². The maximum atomic E-state index is 13.0. The lowest BCUT2D eigenvalue weighted by Gasteiger charge is -2.26. The number of rotatable bonds is 8. The van der Waals surface area contributed by atoms with Crippen molar-refractivity contribution in [2.24, 2.45) is 0 Å². The molecule has 2 aromatic carbocycles. The molecule has 176 valence electrons. The zero-order chi connectivity index (χ0) is 23.4. The highest BCUT2D eigenvalue weighted by Crippen LogP contribution is 2.34. The van der Waals surface area contributed by atoms with Crippen molar-refractivity contribution in [3.8, 4) is 5.75 Å². The molecule has 10 heteroatoms. The minimum atomic E-state index is -3.89. The first-order chi connectivity index (χ1) is 15.9. The van der Waals surface area contributed by atoms with E-state index in [-0.39, 0.29) is 47.5 Å². The summed E-state index contributed by atoms with van der Waals surface area (Å²) in [6, 6.07) is 11.9. The molecule has 2 heterocycles. The summed E-state index contributed by atoms with van der Waals surface area (Å²) in [7, 11) is -2.49. The smallest absolute Gasteiger partial charge is 0.240 e. The molecule has 0 unspecified atom stereocenters. The van der Waals surface area contributed by atoms with Crippen LogP contribution in [0.3, 0.4) is 0 Å². The molecule has 1 N–H and O–H groups in total. The normalized spacial score (nSPS) is 17.5. The number of sulfonamides is 1. The summed E-state index contributed by atoms with van der Waals surface area (Å²) in [5.41, 5.74) is 2.08. The van der Waals surface area contributed by atoms with Gasteiger partial charge in [0.1, 0.15) is 5.75 Å². The van der Waals surface area contributed by atoms with Crippen molar-refractivity contribution in [2.75, 3.05) is 38.3 Å². The molecule has 2 aliphatic rings. The van der Waals surface area contributed by atoms with Crippen molar-refractivity contribution >= 4 is 27.5 Å². The van der Waals surface area contributed by atoms with Gasteiger partial charge in [0.2, 0.25) is 21.8 Å². The molecule has 2 saturated heterocycles. The lowest BCUT2D eigenvalue weighted by molar-refractivity contribution is -0.121. The van der Waals surface area contributed by atoms with Crippen LogP contribution in [0.2, 0.25) is 0 Å². The molecule has 2 aromatic rings. The highest BCUT2D eigenvalue weighted by molar-refractivity contribution is 7.89. The van der Waals surface area contributed by atoms with E-state index in [9.17, 15) is 18.0 Å². The number of amides is 2. The molecule has 2 fully saturated rings. The lowest BCUT2D eigenvalue weighted by atomic mass is 10.1. The molecule has 0 aliphatic carbocycles. The first kappa shape index (κ1) is 23.4. The zero-order valence-electron chi connectivity index (χ0n) is 18.5. The molecule has 0 saturated carbocycles. The summed E-state index contributed by atoms with van der Waals surface area (Å²) in [6.45, 7) is 4.08. The molecule has 2 aliphatic heterocycles. The second-order valence-electron chi connectivity index (χ2n) is 7.99. The Morgan fingerprint density at radius 2 is 1.70 bits per heavy atom. The average Bonchev–Trinajstić information content (AvgIpc) is 3.16. The number of morpholine rings is 1. The molecule has 0 radical (unpaired) electrons. The van der Waals surface area contributed by atoms with E-state index in [1.807, 2.05) is 24.3 Å². The van der Waals surface area contributed by atoms with Gasteiger partial charge in [-0.3, -0.25) is 14.5 Å². The van der Waals surface area contributed by atoms with Crippen molar-refractivity contribution in [1.29, 1.82) is 0 Å². The maximum absolute atomic E-state index is 13.0. The van der Waals surface area contributed by atoms with E-state index < -0.39 is 10.0 Å². The Morgan fingerprint density at radius 3 is 2.39 bits per heavy atom. The van der Waals surface area contributed by atoms with E-state index in [2.05, 4.69) is 9.62 Å². The van der Waals surface area contributed by atoms with E-state index in [0.717, 1.165) is 48.9 Å². The van der Waals surface area contributed by atoms with Crippen LogP contribution in [0.5, 0.6) is 5.75 Å². The minimum absolute atomic E-state index is 0.0460. The number of anilines is 1. The maximum Gasteiger partial charge on any atom is 0.240 e. The Bertz CT molecular complexity index is 1130. The Labute approximate surface area is 193 Å². The fourth-order valence-corrected chi connectivity index (χ4v) is 5.01. The first-order valence-electron chi connectivity index (χ1n) is 10.8. The summed E-state index contributed by atoms with van der Waals surface area (Å²) in [5.74, 6) is -0.496. The molecular weight excluding hydrogens is 446 g/mol. The van der Waals surface area contributed by atoms with Gasteiger partial charge in [0.25, 0.3) is 0 Å². The first-order valence-corrected chi connectivity index (χ1v) is 12.3. The monoisotopic (exact) mass is 473 g/mol. The van der Waals surface area contributed by atoms with Crippen LogP contribution in [0.4, 0.5) is 5.69 Å². The van der Waals surface area contributed by atoms with Gasteiger partial charge in [-0.05, 0) is 29.3 Å². The number of hydrogen-bond acceptors (Lipinski definition) is 7. The number of ether oxygens (including phenoxy) is 2. The van der Waals surface area contributed by atoms with Gasteiger partial charge in [0.15, 0.2) is 0 Å². The quantitative estimate of drug-likeness (QED) is 0.582. The van der Waals surface area contributed by atoms with E-state index >= 15 is 0 Å². The SMILES string of the molecule is COc1ccc(S(=O)(=O)NCc2cccc(CN3CCOCC3)c2)cc1N1C(=O)CCC1=O. The summed E-state index contributed by atoms with van der Waals surface area (Å²) in [4.78, 5) is 27.6. The van der Waals surface area contributed by atoms with Gasteiger partial charge in [-0.25, -0.2) is 18.0 Å². The number of nitrogens with zero attached hydrogens (tertiary/aromatic N) is 2. The fourth-order valence-electron chi connectivity index (χ4n) is 3.97. The van der Waals surface area contributed by atoms with Gasteiger partial charge in [-0.1, -0.05) is 24.3 Å². The summed E-state index contributed by atoms with van der Waals surface area (Å²) in [6.07, 6.45) is 0.190. The predicted molar refractivity (Wildman–Crippen MR) is 121 cm³/mol. The number of carbonyl (C=O) groups is 2. The van der Waals surface area contributed by atoms with Gasteiger partial charge in [0, 0.05) is 39.0 Å². The number of carbonyl (C=O) groups excluding carboxylic acids is 2. The predicted octanol–water partition coefficient (Wildman–Crippen LogP) is 1.66. The zero-order valence-corrected chi connectivity index (χ0v) is 19.3. The van der Waals surface area contributed by atoms with Gasteiger partial charge in [0.05, 0.1) is 30.9 Å². The van der Waals surface area contributed by atoms with E-state index in [1.54, 1.807) is 0 Å². The second-order valence-corrected chi connectivity index (χ2v) is 9.76. The Balaban J connectivity index is 1.49. The van der Waals surface area contributed by atoms with Crippen LogP contribution in [0, 0.1) is 0 Å². The third-order valence-electron chi connectivity index (χ3n) is 5.72. The molecule has 0 spiro atoms. The summed E-state index contributed by atoms with van der Waals surface area (Å²) >= 11 is 0. The Morgan fingerprint density at radius 1 is 1.00 bits per heavy atom. The number of benzene rings is 2. The highest BCUT2D eigenvalue weighted by Gasteiger charge is 2.33. The summed E-state index contributed by atoms with van der Waals surface area (Å²) in [5, 5.41) is 0. The van der Waals surface area contributed by atoms with Crippen LogP contribution < -0.4 is 14.4 Å². The fraction of sp³-hybridized carbons (Fsp3) is 0.391. The van der Waals surface area contributed by atoms with Gasteiger partial charge < -0.3 is 9.47 Å². The third-order valence-corrected chi connectivity index (χ3v) is 7.12. The number of nitrogens with one attached hydrogen (secondary N) is 1. The minimum Gasteiger partial charge on any atom is -0.495 e. The van der Waals surface area contributed by atoms with Gasteiger partial charge >= 0.3 is 0 Å². The van der Waals surface area contributed by atoms with Crippen LogP contribution in [0.1, 0.15) is 24.0 Å². The van der Waals surface area contributed by atoms with Crippen molar-refractivity contribution in [1.82, 2.24) is 9.62 Å². The highest BCUT2D eigenvalue weighted by atomic mass is 32.2. The van der Waals surface area contributed by atoms with Crippen molar-refractivity contribution in [3.63, 3.8) is 0 Å². The van der Waals surface area contributed by atoms with Crippen LogP contribution in [-0.2, 0) is 37.4 Å². The molecule has 4 rings (SSSR count).